The Hall–Kier alpha value is -0.570. The molecular weight excluding hydrogens is 96.0 g/mol. The fourth-order valence-corrected chi connectivity index (χ4v) is 0.364. The number of hydrogen-bond donors (Lipinski definition) is 0. The van der Waals surface area contributed by atoms with Gasteiger partial charge in [-0.1, -0.05) is 0 Å². The lowest BCUT2D eigenvalue weighted by Gasteiger charge is -1.81. The Kier molecular flexibility index (Phi) is 0.982. The molecule has 0 bridgehead atoms. The first-order chi connectivity index (χ1) is 3.34. The van der Waals surface area contributed by atoms with Crippen molar-refractivity contribution in [3.05, 3.63) is 0 Å². The van der Waals surface area contributed by atoms with Gasteiger partial charge >= 0.3 is 0 Å². The first-order valence-corrected chi connectivity index (χ1v) is 2.09. The Labute approximate surface area is 41.2 Å². The lowest BCUT2D eigenvalue weighted by atomic mass is 10.5. The van der Waals surface area contributed by atoms with E-state index in [2.05, 4.69) is 4.74 Å². The molecule has 0 aromatic carbocycles. The Balaban J connectivity index is 2.08. The Morgan fingerprint density at radius 3 is 2.57 bits per heavy atom. The van der Waals surface area contributed by atoms with Crippen molar-refractivity contribution in [2.45, 2.75) is 19.3 Å². The van der Waals surface area contributed by atoms with Gasteiger partial charge in [0.15, 0.2) is 0 Å². The van der Waals surface area contributed by atoms with E-state index in [0.29, 0.717) is 6.47 Å². The Morgan fingerprint density at radius 2 is 2.43 bits per heavy atom. The molecule has 1 saturated heterocycles. The van der Waals surface area contributed by atoms with Gasteiger partial charge in [0, 0.05) is 0 Å². The molecule has 0 radical (unpaired) electrons. The summed E-state index contributed by atoms with van der Waals surface area (Å²) in [5.74, 6) is 0. The number of carbonyl (C=O) groups is 1. The van der Waals surface area contributed by atoms with Crippen LogP contribution in [0.4, 0.5) is 0 Å². The number of carbonyl (C=O) groups excluding carboxylic acids is 1. The van der Waals surface area contributed by atoms with Gasteiger partial charge in [-0.3, -0.25) is 4.79 Å². The molecule has 3 nitrogen and oxygen atoms in total. The Bertz CT molecular complexity index is 81.0. The zero-order valence-electron chi connectivity index (χ0n) is 3.96. The molecule has 0 saturated carbocycles. The third kappa shape index (κ3) is 0.899. The van der Waals surface area contributed by atoms with Gasteiger partial charge < -0.3 is 9.47 Å². The summed E-state index contributed by atoms with van der Waals surface area (Å²) in [7, 11) is 0. The second-order valence-corrected chi connectivity index (χ2v) is 1.44. The predicted octanol–water partition coefficient (Wildman–Crippen LogP) is -0.0958. The fraction of sp³-hybridized carbons (Fsp3) is 0.750. The summed E-state index contributed by atoms with van der Waals surface area (Å²) < 4.78 is 9.07. The number of rotatable bonds is 2. The average Bonchev–Trinajstić information content (AvgIpc) is 2.22. The largest absolute Gasteiger partial charge is 0.435 e. The normalized spacial score (nSPS) is 37.3. The van der Waals surface area contributed by atoms with Crippen molar-refractivity contribution in [2.75, 3.05) is 0 Å². The first kappa shape index (κ1) is 4.59. The van der Waals surface area contributed by atoms with Crippen LogP contribution in [0.15, 0.2) is 0 Å². The quantitative estimate of drug-likeness (QED) is 0.361. The van der Waals surface area contributed by atoms with Crippen LogP contribution in [-0.2, 0) is 14.3 Å². The van der Waals surface area contributed by atoms with Gasteiger partial charge in [0.05, 0.1) is 0 Å². The van der Waals surface area contributed by atoms with Gasteiger partial charge in [0.25, 0.3) is 6.47 Å². The maximum Gasteiger partial charge on any atom is 0.295 e. The summed E-state index contributed by atoms with van der Waals surface area (Å²) in [6, 6.07) is 0. The van der Waals surface area contributed by atoms with E-state index < -0.39 is 0 Å². The number of hydrogen-bond acceptors (Lipinski definition) is 3. The molecule has 7 heavy (non-hydrogen) atoms. The molecule has 1 rings (SSSR count). The molecule has 1 heterocycles. The monoisotopic (exact) mass is 102 g/mol. The molecule has 0 aliphatic carbocycles. The summed E-state index contributed by atoms with van der Waals surface area (Å²) in [6.07, 6.45) is -0.136. The maximum absolute atomic E-state index is 9.50. The van der Waals surface area contributed by atoms with Crippen LogP contribution >= 0.6 is 0 Å². The summed E-state index contributed by atoms with van der Waals surface area (Å²) in [5, 5.41) is 0. The molecule has 0 spiro atoms. The van der Waals surface area contributed by atoms with Crippen molar-refractivity contribution < 1.29 is 14.3 Å². The van der Waals surface area contributed by atoms with Gasteiger partial charge in [-0.15, -0.1) is 0 Å². The molecule has 1 aliphatic rings. The highest BCUT2D eigenvalue weighted by molar-refractivity contribution is 5.37. The van der Waals surface area contributed by atoms with E-state index in [1.54, 1.807) is 0 Å². The minimum absolute atomic E-state index is 0.116. The van der Waals surface area contributed by atoms with Crippen molar-refractivity contribution in [1.29, 1.82) is 0 Å². The summed E-state index contributed by atoms with van der Waals surface area (Å²) in [4.78, 5) is 9.50. The molecule has 3 heteroatoms. The second-order valence-electron chi connectivity index (χ2n) is 1.44. The molecular formula is C4H6O3. The van der Waals surface area contributed by atoms with Crippen LogP contribution in [0.25, 0.3) is 0 Å². The summed E-state index contributed by atoms with van der Waals surface area (Å²) in [5.41, 5.74) is 0. The van der Waals surface area contributed by atoms with E-state index in [1.807, 2.05) is 6.92 Å². The molecule has 2 atom stereocenters. The van der Waals surface area contributed by atoms with Crippen LogP contribution in [0.2, 0.25) is 0 Å². The van der Waals surface area contributed by atoms with E-state index in [-0.39, 0.29) is 12.4 Å². The second kappa shape index (κ2) is 1.50. The third-order valence-corrected chi connectivity index (χ3v) is 0.845. The highest BCUT2D eigenvalue weighted by Gasteiger charge is 2.36. The lowest BCUT2D eigenvalue weighted by molar-refractivity contribution is -0.133. The fourth-order valence-electron chi connectivity index (χ4n) is 0.364. The van der Waals surface area contributed by atoms with E-state index in [1.165, 1.54) is 0 Å². The van der Waals surface area contributed by atoms with Crippen molar-refractivity contribution in [3.8, 4) is 0 Å². The van der Waals surface area contributed by atoms with Gasteiger partial charge in [-0.05, 0) is 6.92 Å². The number of ether oxygens (including phenoxy) is 2. The minimum Gasteiger partial charge on any atom is -0.435 e. The molecule has 0 unspecified atom stereocenters. The van der Waals surface area contributed by atoms with Crippen molar-refractivity contribution >= 4 is 6.47 Å². The average molecular weight is 102 g/mol. The molecule has 40 valence electrons. The zero-order chi connectivity index (χ0) is 5.28. The van der Waals surface area contributed by atoms with Gasteiger partial charge in [0.2, 0.25) is 6.29 Å². The third-order valence-electron chi connectivity index (χ3n) is 0.845. The summed E-state index contributed by atoms with van der Waals surface area (Å²) >= 11 is 0. The molecule has 0 N–H and O–H groups in total. The van der Waals surface area contributed by atoms with Crippen LogP contribution in [0.1, 0.15) is 6.92 Å². The van der Waals surface area contributed by atoms with Gasteiger partial charge in [-0.25, -0.2) is 0 Å². The molecule has 1 aliphatic heterocycles. The highest BCUT2D eigenvalue weighted by Crippen LogP contribution is 2.20. The van der Waals surface area contributed by atoms with Crippen LogP contribution in [-0.4, -0.2) is 18.9 Å². The van der Waals surface area contributed by atoms with Crippen molar-refractivity contribution in [2.24, 2.45) is 0 Å². The molecule has 0 amide bonds. The van der Waals surface area contributed by atoms with Crippen molar-refractivity contribution in [1.82, 2.24) is 0 Å². The van der Waals surface area contributed by atoms with Crippen LogP contribution < -0.4 is 0 Å². The smallest absolute Gasteiger partial charge is 0.295 e. The molecule has 0 aromatic rings. The lowest BCUT2D eigenvalue weighted by Crippen LogP contribution is -1.93. The van der Waals surface area contributed by atoms with Gasteiger partial charge in [0.1, 0.15) is 6.10 Å². The zero-order valence-corrected chi connectivity index (χ0v) is 3.96. The topological polar surface area (TPSA) is 38.8 Å². The van der Waals surface area contributed by atoms with E-state index in [9.17, 15) is 4.79 Å². The van der Waals surface area contributed by atoms with Gasteiger partial charge in [-0.2, -0.15) is 0 Å². The van der Waals surface area contributed by atoms with E-state index >= 15 is 0 Å². The van der Waals surface area contributed by atoms with E-state index in [4.69, 9.17) is 4.74 Å². The molecule has 0 aromatic heterocycles. The van der Waals surface area contributed by atoms with Crippen LogP contribution in [0.3, 0.4) is 0 Å². The van der Waals surface area contributed by atoms with Crippen molar-refractivity contribution in [3.63, 3.8) is 0 Å². The summed E-state index contributed by atoms with van der Waals surface area (Å²) in [6.45, 7) is 2.24. The first-order valence-electron chi connectivity index (χ1n) is 2.09. The predicted molar refractivity (Wildman–Crippen MR) is 21.5 cm³/mol. The standard InChI is InChI=1S/C4H6O3/c1-3-4(7-3)6-2-5/h2-4H,1H3/t3-,4+/m1/s1. The highest BCUT2D eigenvalue weighted by atomic mass is 16.8. The van der Waals surface area contributed by atoms with Crippen LogP contribution in [0.5, 0.6) is 0 Å². The SMILES string of the molecule is C[C@H]1O[C@@H]1OC=O. The maximum atomic E-state index is 9.50. The number of epoxide rings is 1. The van der Waals surface area contributed by atoms with Crippen LogP contribution in [0, 0.1) is 0 Å². The Morgan fingerprint density at radius 1 is 1.86 bits per heavy atom. The van der Waals surface area contributed by atoms with E-state index in [0.717, 1.165) is 0 Å². The molecule has 1 fully saturated rings. The minimum atomic E-state index is -0.252.